The lowest BCUT2D eigenvalue weighted by atomic mass is 9.89. The van der Waals surface area contributed by atoms with Crippen LogP contribution in [0.25, 0.3) is 0 Å². The molecule has 0 saturated heterocycles. The van der Waals surface area contributed by atoms with E-state index >= 15 is 0 Å². The first-order valence-corrected chi connectivity index (χ1v) is 7.77. The molecule has 0 aliphatic carbocycles. The van der Waals surface area contributed by atoms with Gasteiger partial charge in [-0.3, -0.25) is 0 Å². The minimum absolute atomic E-state index is 0.0424. The highest BCUT2D eigenvalue weighted by Crippen LogP contribution is 2.38. The van der Waals surface area contributed by atoms with Gasteiger partial charge in [0.25, 0.3) is 0 Å². The second-order valence-electron chi connectivity index (χ2n) is 4.59. The van der Waals surface area contributed by atoms with Crippen LogP contribution in [0.5, 0.6) is 0 Å². The zero-order valence-corrected chi connectivity index (χ0v) is 14.0. The number of hydrogen-bond acceptors (Lipinski definition) is 2. The molecule has 0 aromatic heterocycles. The Labute approximate surface area is 140 Å². The summed E-state index contributed by atoms with van der Waals surface area (Å²) in [5, 5.41) is 11.3. The number of rotatable bonds is 4. The minimum atomic E-state index is -1.03. The zero-order chi connectivity index (χ0) is 15.6. The van der Waals surface area contributed by atoms with E-state index in [-0.39, 0.29) is 17.1 Å². The third-order valence-corrected chi connectivity index (χ3v) is 4.57. The van der Waals surface area contributed by atoms with Crippen LogP contribution in [0.4, 0.5) is 4.39 Å². The minimum Gasteiger partial charge on any atom is -0.388 e. The molecule has 2 aromatic rings. The van der Waals surface area contributed by atoms with Gasteiger partial charge >= 0.3 is 0 Å². The first-order chi connectivity index (χ1) is 9.95. The van der Waals surface area contributed by atoms with Gasteiger partial charge in [-0.25, -0.2) is 4.39 Å². The number of halogens is 4. The van der Waals surface area contributed by atoms with Crippen LogP contribution < -0.4 is 5.73 Å². The molecule has 0 fully saturated rings. The van der Waals surface area contributed by atoms with Crippen LogP contribution in [0, 0.1) is 5.82 Å². The molecule has 0 bridgehead atoms. The molecule has 2 unspecified atom stereocenters. The summed E-state index contributed by atoms with van der Waals surface area (Å²) in [6.07, 6.45) is -1.03. The zero-order valence-electron chi connectivity index (χ0n) is 10.9. The molecular formula is C15H13BrCl2FNO. The molecule has 0 saturated carbocycles. The molecule has 0 aliphatic rings. The van der Waals surface area contributed by atoms with Gasteiger partial charge in [0, 0.05) is 32.5 Å². The summed E-state index contributed by atoms with van der Waals surface area (Å²) < 4.78 is 14.7. The van der Waals surface area contributed by atoms with Crippen molar-refractivity contribution in [3.8, 4) is 0 Å². The van der Waals surface area contributed by atoms with E-state index in [2.05, 4.69) is 15.9 Å². The Balaban J connectivity index is 2.48. The molecule has 0 heterocycles. The van der Waals surface area contributed by atoms with Crippen molar-refractivity contribution in [2.45, 2.75) is 12.0 Å². The summed E-state index contributed by atoms with van der Waals surface area (Å²) in [6.45, 7) is 0.0424. The van der Waals surface area contributed by atoms with E-state index in [0.29, 0.717) is 15.1 Å². The standard InChI is InChI=1S/C15H13BrCl2FNO/c16-11-5-4-8(17)6-9(11)15(21)10(7-20)14-12(18)2-1-3-13(14)19/h1-6,10,15,21H,7,20H2. The number of hydrogen-bond donors (Lipinski definition) is 2. The quantitative estimate of drug-likeness (QED) is 0.793. The van der Waals surface area contributed by atoms with Gasteiger partial charge in [0.05, 0.1) is 6.10 Å². The Bertz CT molecular complexity index is 633. The highest BCUT2D eigenvalue weighted by molar-refractivity contribution is 9.10. The first-order valence-electron chi connectivity index (χ1n) is 6.22. The van der Waals surface area contributed by atoms with E-state index < -0.39 is 17.8 Å². The van der Waals surface area contributed by atoms with Crippen molar-refractivity contribution >= 4 is 39.1 Å². The van der Waals surface area contributed by atoms with Crippen molar-refractivity contribution in [3.05, 3.63) is 67.9 Å². The lowest BCUT2D eigenvalue weighted by Crippen LogP contribution is -2.22. The van der Waals surface area contributed by atoms with Gasteiger partial charge in [0.15, 0.2) is 0 Å². The van der Waals surface area contributed by atoms with Gasteiger partial charge in [-0.1, -0.05) is 45.2 Å². The van der Waals surface area contributed by atoms with Gasteiger partial charge in [-0.05, 0) is 35.9 Å². The first kappa shape index (κ1) is 16.7. The maximum atomic E-state index is 14.1. The SMILES string of the molecule is NCC(c1c(F)cccc1Cl)C(O)c1cc(Cl)ccc1Br. The Hall–Kier alpha value is -0.650. The second-order valence-corrected chi connectivity index (χ2v) is 6.29. The summed E-state index contributed by atoms with van der Waals surface area (Å²) in [6, 6.07) is 9.41. The molecule has 0 amide bonds. The van der Waals surface area contributed by atoms with Crippen molar-refractivity contribution in [1.82, 2.24) is 0 Å². The fourth-order valence-corrected chi connectivity index (χ4v) is 3.19. The molecule has 2 nitrogen and oxygen atoms in total. The van der Waals surface area contributed by atoms with Gasteiger partial charge in [0.1, 0.15) is 5.82 Å². The lowest BCUT2D eigenvalue weighted by Gasteiger charge is -2.24. The van der Waals surface area contributed by atoms with Gasteiger partial charge < -0.3 is 10.8 Å². The van der Waals surface area contributed by atoms with Crippen molar-refractivity contribution in [1.29, 1.82) is 0 Å². The molecule has 0 radical (unpaired) electrons. The largest absolute Gasteiger partial charge is 0.388 e. The normalized spacial score (nSPS) is 14.0. The molecule has 6 heteroatoms. The summed E-state index contributed by atoms with van der Waals surface area (Å²) in [5.41, 5.74) is 6.48. The van der Waals surface area contributed by atoms with Crippen LogP contribution in [-0.2, 0) is 0 Å². The predicted octanol–water partition coefficient (Wildman–Crippen LogP) is 4.67. The van der Waals surface area contributed by atoms with E-state index in [4.69, 9.17) is 28.9 Å². The number of aliphatic hydroxyl groups is 1. The predicted molar refractivity (Wildman–Crippen MR) is 87.3 cm³/mol. The Morgan fingerprint density at radius 3 is 2.57 bits per heavy atom. The monoisotopic (exact) mass is 391 g/mol. The van der Waals surface area contributed by atoms with E-state index in [1.165, 1.54) is 12.1 Å². The molecule has 112 valence electrons. The average Bonchev–Trinajstić information content (AvgIpc) is 2.45. The highest BCUT2D eigenvalue weighted by atomic mass is 79.9. The Kier molecular flexibility index (Phi) is 5.63. The number of nitrogens with two attached hydrogens (primary N) is 1. The maximum absolute atomic E-state index is 14.1. The molecule has 2 aromatic carbocycles. The van der Waals surface area contributed by atoms with E-state index in [1.54, 1.807) is 24.3 Å². The Morgan fingerprint density at radius 2 is 1.95 bits per heavy atom. The molecule has 2 rings (SSSR count). The average molecular weight is 393 g/mol. The summed E-state index contributed by atoms with van der Waals surface area (Å²) in [5.74, 6) is -1.16. The fourth-order valence-electron chi connectivity index (χ4n) is 2.23. The smallest absolute Gasteiger partial charge is 0.128 e. The molecule has 2 atom stereocenters. The summed E-state index contributed by atoms with van der Waals surface area (Å²) in [4.78, 5) is 0. The highest BCUT2D eigenvalue weighted by Gasteiger charge is 2.27. The third-order valence-electron chi connectivity index (χ3n) is 3.28. The summed E-state index contributed by atoms with van der Waals surface area (Å²) >= 11 is 15.4. The van der Waals surface area contributed by atoms with Crippen molar-refractivity contribution in [2.75, 3.05) is 6.54 Å². The topological polar surface area (TPSA) is 46.2 Å². The van der Waals surface area contributed by atoms with E-state index in [1.807, 2.05) is 0 Å². The van der Waals surface area contributed by atoms with Crippen molar-refractivity contribution < 1.29 is 9.50 Å². The van der Waals surface area contributed by atoms with Crippen LogP contribution >= 0.6 is 39.1 Å². The van der Waals surface area contributed by atoms with Crippen LogP contribution in [0.3, 0.4) is 0 Å². The Morgan fingerprint density at radius 1 is 1.24 bits per heavy atom. The molecule has 21 heavy (non-hydrogen) atoms. The van der Waals surface area contributed by atoms with Gasteiger partial charge in [0.2, 0.25) is 0 Å². The molecule has 0 aliphatic heterocycles. The van der Waals surface area contributed by atoms with Gasteiger partial charge in [-0.2, -0.15) is 0 Å². The van der Waals surface area contributed by atoms with Crippen LogP contribution in [0.2, 0.25) is 10.0 Å². The lowest BCUT2D eigenvalue weighted by molar-refractivity contribution is 0.145. The van der Waals surface area contributed by atoms with Crippen LogP contribution in [0.1, 0.15) is 23.1 Å². The third kappa shape index (κ3) is 3.58. The number of aliphatic hydroxyl groups excluding tert-OH is 1. The molecule has 3 N–H and O–H groups in total. The van der Waals surface area contributed by atoms with E-state index in [9.17, 15) is 9.50 Å². The van der Waals surface area contributed by atoms with Crippen molar-refractivity contribution in [2.24, 2.45) is 5.73 Å². The summed E-state index contributed by atoms with van der Waals surface area (Å²) in [7, 11) is 0. The van der Waals surface area contributed by atoms with Crippen LogP contribution in [0.15, 0.2) is 40.9 Å². The number of benzene rings is 2. The molecular weight excluding hydrogens is 380 g/mol. The van der Waals surface area contributed by atoms with E-state index in [0.717, 1.165) is 0 Å². The maximum Gasteiger partial charge on any atom is 0.128 e. The second kappa shape index (κ2) is 7.07. The molecule has 0 spiro atoms. The fraction of sp³-hybridized carbons (Fsp3) is 0.200. The van der Waals surface area contributed by atoms with Gasteiger partial charge in [-0.15, -0.1) is 0 Å². The van der Waals surface area contributed by atoms with Crippen LogP contribution in [-0.4, -0.2) is 11.7 Å². The van der Waals surface area contributed by atoms with Crippen molar-refractivity contribution in [3.63, 3.8) is 0 Å².